The van der Waals surface area contributed by atoms with Crippen LogP contribution in [0.2, 0.25) is 0 Å². The molecular formula is C16H28N4O. The maximum absolute atomic E-state index is 12.2. The van der Waals surface area contributed by atoms with Crippen LogP contribution in [0.25, 0.3) is 0 Å². The number of nitrogens with one attached hydrogen (secondary N) is 2. The summed E-state index contributed by atoms with van der Waals surface area (Å²) in [6, 6.07) is 3.78. The van der Waals surface area contributed by atoms with Crippen molar-refractivity contribution in [3.05, 3.63) is 24.0 Å². The number of pyridine rings is 1. The van der Waals surface area contributed by atoms with Crippen LogP contribution in [0.15, 0.2) is 18.3 Å². The summed E-state index contributed by atoms with van der Waals surface area (Å²) in [7, 11) is 0. The maximum atomic E-state index is 12.2. The molecule has 5 nitrogen and oxygen atoms in total. The smallest absolute Gasteiger partial charge is 0.270 e. The zero-order chi connectivity index (χ0) is 15.7. The molecule has 1 atom stereocenters. The highest BCUT2D eigenvalue weighted by atomic mass is 16.1. The van der Waals surface area contributed by atoms with Crippen molar-refractivity contribution >= 4 is 11.6 Å². The normalized spacial score (nSPS) is 12.2. The van der Waals surface area contributed by atoms with Crippen molar-refractivity contribution in [3.63, 3.8) is 0 Å². The minimum atomic E-state index is -0.116. The lowest BCUT2D eigenvalue weighted by molar-refractivity contribution is 0.0925. The number of nitrogens with zero attached hydrogens (tertiary/aromatic N) is 2. The lowest BCUT2D eigenvalue weighted by atomic mass is 10.2. The van der Waals surface area contributed by atoms with Crippen LogP contribution in [0.4, 0.5) is 5.69 Å². The van der Waals surface area contributed by atoms with Crippen LogP contribution in [0.3, 0.4) is 0 Å². The van der Waals surface area contributed by atoms with Gasteiger partial charge in [0.25, 0.3) is 5.91 Å². The van der Waals surface area contributed by atoms with Crippen molar-refractivity contribution in [1.29, 1.82) is 0 Å². The van der Waals surface area contributed by atoms with Crippen molar-refractivity contribution in [2.45, 2.75) is 40.2 Å². The Hall–Kier alpha value is -1.62. The molecule has 2 N–H and O–H groups in total. The molecule has 0 radical (unpaired) electrons. The maximum Gasteiger partial charge on any atom is 0.270 e. The lowest BCUT2D eigenvalue weighted by Crippen LogP contribution is -2.42. The van der Waals surface area contributed by atoms with Gasteiger partial charge >= 0.3 is 0 Å². The van der Waals surface area contributed by atoms with Gasteiger partial charge in [0.15, 0.2) is 0 Å². The number of hydrogen-bond donors (Lipinski definition) is 2. The van der Waals surface area contributed by atoms with Crippen LogP contribution < -0.4 is 10.6 Å². The molecule has 0 aliphatic carbocycles. The third-order valence-corrected chi connectivity index (χ3v) is 3.38. The van der Waals surface area contributed by atoms with Crippen molar-refractivity contribution in [1.82, 2.24) is 15.2 Å². The Bertz CT molecular complexity index is 432. The van der Waals surface area contributed by atoms with Gasteiger partial charge < -0.3 is 15.5 Å². The Balaban J connectivity index is 2.58. The molecule has 1 aromatic heterocycles. The lowest BCUT2D eigenvalue weighted by Gasteiger charge is -2.23. The molecule has 0 fully saturated rings. The summed E-state index contributed by atoms with van der Waals surface area (Å²) < 4.78 is 0. The quantitative estimate of drug-likeness (QED) is 0.733. The monoisotopic (exact) mass is 292 g/mol. The Labute approximate surface area is 128 Å². The van der Waals surface area contributed by atoms with E-state index in [2.05, 4.69) is 41.3 Å². The summed E-state index contributed by atoms with van der Waals surface area (Å²) >= 11 is 0. The number of likely N-dealkylation sites (N-methyl/N-ethyl adjacent to an activating group) is 1. The molecular weight excluding hydrogens is 264 g/mol. The molecule has 1 amide bonds. The Morgan fingerprint density at radius 3 is 2.67 bits per heavy atom. The molecule has 1 heterocycles. The highest BCUT2D eigenvalue weighted by Gasteiger charge is 2.13. The number of carbonyl (C=O) groups excluding carboxylic acids is 1. The van der Waals surface area contributed by atoms with Gasteiger partial charge in [-0.25, -0.2) is 0 Å². The van der Waals surface area contributed by atoms with Gasteiger partial charge in [0, 0.05) is 31.0 Å². The van der Waals surface area contributed by atoms with E-state index in [9.17, 15) is 4.79 Å². The minimum Gasteiger partial charge on any atom is -0.385 e. The van der Waals surface area contributed by atoms with Gasteiger partial charge in [-0.1, -0.05) is 20.8 Å². The summed E-state index contributed by atoms with van der Waals surface area (Å²) in [6.45, 7) is 12.1. The predicted molar refractivity (Wildman–Crippen MR) is 87.7 cm³/mol. The first-order chi connectivity index (χ1) is 10.1. The third kappa shape index (κ3) is 6.12. The molecule has 21 heavy (non-hydrogen) atoms. The standard InChI is InChI=1S/C16H28N4O/c1-5-9-17-14-8-10-18-15(11-14)16(21)19-13(4)12-20(6-2)7-3/h8,10-11,13H,5-7,9,12H2,1-4H3,(H,17,18)(H,19,21). The average Bonchev–Trinajstić information content (AvgIpc) is 2.50. The molecule has 0 bridgehead atoms. The highest BCUT2D eigenvalue weighted by Crippen LogP contribution is 2.08. The summed E-state index contributed by atoms with van der Waals surface area (Å²) in [5.74, 6) is -0.116. The van der Waals surface area contributed by atoms with Gasteiger partial charge in [-0.3, -0.25) is 9.78 Å². The third-order valence-electron chi connectivity index (χ3n) is 3.38. The topological polar surface area (TPSA) is 57.3 Å². The Morgan fingerprint density at radius 2 is 2.05 bits per heavy atom. The second-order valence-electron chi connectivity index (χ2n) is 5.22. The van der Waals surface area contributed by atoms with Gasteiger partial charge in [0.1, 0.15) is 5.69 Å². The minimum absolute atomic E-state index is 0.103. The largest absolute Gasteiger partial charge is 0.385 e. The van der Waals surface area contributed by atoms with Crippen LogP contribution >= 0.6 is 0 Å². The Morgan fingerprint density at radius 1 is 1.33 bits per heavy atom. The number of rotatable bonds is 9. The van der Waals surface area contributed by atoms with Crippen molar-refractivity contribution < 1.29 is 4.79 Å². The summed E-state index contributed by atoms with van der Waals surface area (Å²) in [6.07, 6.45) is 2.72. The second kappa shape index (κ2) is 9.34. The molecule has 1 unspecified atom stereocenters. The predicted octanol–water partition coefficient (Wildman–Crippen LogP) is 2.36. The summed E-state index contributed by atoms with van der Waals surface area (Å²) in [4.78, 5) is 18.7. The molecule has 0 aliphatic rings. The van der Waals surface area contributed by atoms with E-state index in [1.54, 1.807) is 12.3 Å². The summed E-state index contributed by atoms with van der Waals surface area (Å²) in [5, 5.41) is 6.27. The van der Waals surface area contributed by atoms with E-state index in [-0.39, 0.29) is 11.9 Å². The molecule has 1 aromatic rings. The van der Waals surface area contributed by atoms with E-state index >= 15 is 0 Å². The zero-order valence-electron chi connectivity index (χ0n) is 13.6. The van der Waals surface area contributed by atoms with Gasteiger partial charge in [-0.05, 0) is 38.6 Å². The van der Waals surface area contributed by atoms with Gasteiger partial charge in [0.05, 0.1) is 0 Å². The average molecular weight is 292 g/mol. The number of carbonyl (C=O) groups is 1. The molecule has 0 saturated heterocycles. The van der Waals surface area contributed by atoms with E-state index < -0.39 is 0 Å². The SMILES string of the molecule is CCCNc1ccnc(C(=O)NC(C)CN(CC)CC)c1. The van der Waals surface area contributed by atoms with Crippen LogP contribution in [-0.4, -0.2) is 48.0 Å². The first kappa shape index (κ1) is 17.4. The van der Waals surface area contributed by atoms with E-state index in [1.165, 1.54) is 0 Å². The first-order valence-electron chi connectivity index (χ1n) is 7.83. The molecule has 118 valence electrons. The van der Waals surface area contributed by atoms with Gasteiger partial charge in [-0.2, -0.15) is 0 Å². The van der Waals surface area contributed by atoms with E-state index in [4.69, 9.17) is 0 Å². The van der Waals surface area contributed by atoms with Crippen LogP contribution in [0.5, 0.6) is 0 Å². The molecule has 0 saturated carbocycles. The van der Waals surface area contributed by atoms with Crippen LogP contribution in [-0.2, 0) is 0 Å². The molecule has 0 aliphatic heterocycles. The Kier molecular flexibility index (Phi) is 7.75. The van der Waals surface area contributed by atoms with E-state index in [0.717, 1.165) is 38.3 Å². The zero-order valence-corrected chi connectivity index (χ0v) is 13.6. The molecule has 1 rings (SSSR count). The molecule has 0 aromatic carbocycles. The van der Waals surface area contributed by atoms with Crippen LogP contribution in [0.1, 0.15) is 44.6 Å². The van der Waals surface area contributed by atoms with Crippen molar-refractivity contribution in [2.24, 2.45) is 0 Å². The fraction of sp³-hybridized carbons (Fsp3) is 0.625. The fourth-order valence-electron chi connectivity index (χ4n) is 2.15. The first-order valence-corrected chi connectivity index (χ1v) is 7.83. The van der Waals surface area contributed by atoms with Gasteiger partial charge in [0.2, 0.25) is 0 Å². The van der Waals surface area contributed by atoms with Gasteiger partial charge in [-0.15, -0.1) is 0 Å². The number of anilines is 1. The fourth-order valence-corrected chi connectivity index (χ4v) is 2.15. The van der Waals surface area contributed by atoms with E-state index in [0.29, 0.717) is 5.69 Å². The number of aromatic nitrogens is 1. The molecule has 0 spiro atoms. The summed E-state index contributed by atoms with van der Waals surface area (Å²) in [5.41, 5.74) is 1.40. The highest BCUT2D eigenvalue weighted by molar-refractivity contribution is 5.93. The van der Waals surface area contributed by atoms with E-state index in [1.807, 2.05) is 13.0 Å². The second-order valence-corrected chi connectivity index (χ2v) is 5.22. The van der Waals surface area contributed by atoms with Crippen LogP contribution in [0, 0.1) is 0 Å². The number of amides is 1. The number of hydrogen-bond acceptors (Lipinski definition) is 4. The molecule has 5 heteroatoms. The van der Waals surface area contributed by atoms with Crippen molar-refractivity contribution in [3.8, 4) is 0 Å². The van der Waals surface area contributed by atoms with Crippen molar-refractivity contribution in [2.75, 3.05) is 31.5 Å².